The summed E-state index contributed by atoms with van der Waals surface area (Å²) >= 11 is 0. The normalized spacial score (nSPS) is 60.2. The molecule has 0 radical (unpaired) electrons. The van der Waals surface area contributed by atoms with Crippen LogP contribution in [0.15, 0.2) is 0 Å². The third kappa shape index (κ3) is 2.16. The lowest BCUT2D eigenvalue weighted by Gasteiger charge is -2.71. The van der Waals surface area contributed by atoms with Crippen LogP contribution >= 0.6 is 0 Å². The van der Waals surface area contributed by atoms with Crippen LogP contribution in [0.3, 0.4) is 0 Å². The fraction of sp³-hybridized carbons (Fsp3) is 0.963. The van der Waals surface area contributed by atoms with Crippen LogP contribution in [0.2, 0.25) is 0 Å². The van der Waals surface area contributed by atoms with E-state index in [1.54, 1.807) is 21.3 Å². The van der Waals surface area contributed by atoms with Crippen LogP contribution in [0.25, 0.3) is 0 Å². The highest BCUT2D eigenvalue weighted by atomic mass is 16.7. The number of likely N-dealkylation sites (tertiary alicyclic amines) is 1. The number of rotatable bonds is 5. The predicted molar refractivity (Wildman–Crippen MR) is 126 cm³/mol. The maximum Gasteiger partial charge on any atom is 0.303 e. The van der Waals surface area contributed by atoms with Crippen LogP contribution in [0.5, 0.6) is 0 Å². The minimum Gasteiger partial charge on any atom is -0.459 e. The van der Waals surface area contributed by atoms with Crippen LogP contribution in [0, 0.1) is 28.6 Å². The average molecular weight is 508 g/mol. The second-order valence-electron chi connectivity index (χ2n) is 12.9. The van der Waals surface area contributed by atoms with E-state index >= 15 is 0 Å². The summed E-state index contributed by atoms with van der Waals surface area (Å²) in [5.74, 6) is -0.771. The number of ether oxygens (including phenoxy) is 6. The first-order chi connectivity index (χ1) is 17.2. The van der Waals surface area contributed by atoms with Gasteiger partial charge in [0.2, 0.25) is 0 Å². The van der Waals surface area contributed by atoms with Crippen molar-refractivity contribution in [2.24, 2.45) is 28.6 Å². The molecule has 7 rings (SSSR count). The lowest BCUT2D eigenvalue weighted by molar-refractivity contribution is -0.332. The number of likely N-dealkylation sites (N-methyl/N-ethyl adjacent to an activating group) is 1. The monoisotopic (exact) mass is 507 g/mol. The Hall–Kier alpha value is -0.810. The first-order valence-electron chi connectivity index (χ1n) is 13.7. The Morgan fingerprint density at radius 1 is 1.11 bits per heavy atom. The third-order valence-electron chi connectivity index (χ3n) is 12.2. The summed E-state index contributed by atoms with van der Waals surface area (Å²) in [6.45, 7) is 7.72. The number of hydrogen-bond donors (Lipinski definition) is 1. The van der Waals surface area contributed by atoms with E-state index in [1.807, 2.05) is 0 Å². The quantitative estimate of drug-likeness (QED) is 0.553. The van der Waals surface area contributed by atoms with Crippen molar-refractivity contribution < 1.29 is 38.3 Å². The number of nitrogens with zero attached hydrogens (tertiary/aromatic N) is 1. The zero-order valence-corrected chi connectivity index (χ0v) is 22.3. The van der Waals surface area contributed by atoms with Crippen LogP contribution in [-0.4, -0.2) is 104 Å². The van der Waals surface area contributed by atoms with Crippen molar-refractivity contribution in [3.8, 4) is 0 Å². The topological polar surface area (TPSA) is 95.9 Å². The van der Waals surface area contributed by atoms with E-state index in [0.717, 1.165) is 25.9 Å². The van der Waals surface area contributed by atoms with Gasteiger partial charge in [0, 0.05) is 59.0 Å². The summed E-state index contributed by atoms with van der Waals surface area (Å²) in [6.07, 6.45) is 1.69. The Morgan fingerprint density at radius 2 is 1.89 bits per heavy atom. The van der Waals surface area contributed by atoms with E-state index < -0.39 is 28.3 Å². The lowest BCUT2D eigenvalue weighted by atomic mass is 9.41. The Bertz CT molecular complexity index is 979. The van der Waals surface area contributed by atoms with Gasteiger partial charge in [0.15, 0.2) is 5.60 Å². The summed E-state index contributed by atoms with van der Waals surface area (Å²) < 4.78 is 38.7. The average Bonchev–Trinajstić information content (AvgIpc) is 3.40. The fourth-order valence-corrected chi connectivity index (χ4v) is 11.7. The molecule has 36 heavy (non-hydrogen) atoms. The molecule has 0 aromatic heterocycles. The Morgan fingerprint density at radius 3 is 2.53 bits per heavy atom. The summed E-state index contributed by atoms with van der Waals surface area (Å²) in [4.78, 5) is 15.3. The number of piperidine rings is 1. The van der Waals surface area contributed by atoms with Gasteiger partial charge in [-0.05, 0) is 31.2 Å². The third-order valence-corrected chi connectivity index (χ3v) is 12.2. The molecule has 7 aliphatic rings. The van der Waals surface area contributed by atoms with Crippen molar-refractivity contribution in [1.29, 1.82) is 0 Å². The molecule has 5 saturated carbocycles. The van der Waals surface area contributed by atoms with E-state index in [4.69, 9.17) is 28.4 Å². The number of carbonyl (C=O) groups excluding carboxylic acids is 1. The van der Waals surface area contributed by atoms with E-state index in [2.05, 4.69) is 18.7 Å². The highest BCUT2D eigenvalue weighted by Gasteiger charge is 2.97. The second-order valence-corrected chi connectivity index (χ2v) is 12.9. The molecule has 2 unspecified atom stereocenters. The Balaban J connectivity index is 1.61. The van der Waals surface area contributed by atoms with Crippen LogP contribution in [0.1, 0.15) is 46.5 Å². The van der Waals surface area contributed by atoms with Gasteiger partial charge in [-0.2, -0.15) is 0 Å². The number of esters is 1. The molecule has 0 aromatic rings. The van der Waals surface area contributed by atoms with Crippen LogP contribution < -0.4 is 0 Å². The molecule has 2 saturated heterocycles. The van der Waals surface area contributed by atoms with Gasteiger partial charge in [0.1, 0.15) is 18.5 Å². The number of fused-ring (bicyclic) bond motifs is 1. The van der Waals surface area contributed by atoms with Gasteiger partial charge in [-0.1, -0.05) is 13.8 Å². The largest absolute Gasteiger partial charge is 0.459 e. The molecule has 1 N–H and O–H groups in total. The first-order valence-corrected chi connectivity index (χ1v) is 13.7. The van der Waals surface area contributed by atoms with Gasteiger partial charge in [-0.15, -0.1) is 0 Å². The Kier molecular flexibility index (Phi) is 4.87. The van der Waals surface area contributed by atoms with Crippen molar-refractivity contribution in [2.45, 2.75) is 93.7 Å². The molecular formula is C27H41NO8. The molecule has 2 heterocycles. The minimum atomic E-state index is -1.16. The lowest BCUT2D eigenvalue weighted by Crippen LogP contribution is -2.85. The van der Waals surface area contributed by atoms with Gasteiger partial charge in [0.05, 0.1) is 35.4 Å². The predicted octanol–water partition coefficient (Wildman–Crippen LogP) is 1.35. The van der Waals surface area contributed by atoms with Gasteiger partial charge >= 0.3 is 5.97 Å². The van der Waals surface area contributed by atoms with E-state index in [0.29, 0.717) is 12.8 Å². The molecular weight excluding hydrogens is 466 g/mol. The van der Waals surface area contributed by atoms with Crippen molar-refractivity contribution in [2.75, 3.05) is 41.2 Å². The van der Waals surface area contributed by atoms with Gasteiger partial charge in [-0.3, -0.25) is 9.69 Å². The summed E-state index contributed by atoms with van der Waals surface area (Å²) in [7, 11) is 5.23. The SMILES string of the molecule is CCN1C[C@]2(C)CC[C@H](OC)[C@]34[C@@H]2[C@H](OC(C)=O)[C@]2(OCO[C@@]25CC(OC)[C@H]2C[C@]3(O)C5[C@H]2OC)[C@@H]14. The first kappa shape index (κ1) is 24.2. The molecule has 202 valence electrons. The zero-order valence-electron chi connectivity index (χ0n) is 22.3. The standard InChI is InChI=1S/C27H41NO8/c1-7-28-12-23(3)9-8-17(32-5)26-20(23)21(36-14(2)29)27(22(26)28)25(34-13-35-27)11-16(31-4)15-10-24(26,30)19(25)18(15)33-6/h15-22,30H,7-13H2,1-6H3/t15-,16?,17+,18+,19?,20-,21+,22+,23+,24+,25-,26-,27+/m1/s1. The van der Waals surface area contributed by atoms with E-state index in [1.165, 1.54) is 6.92 Å². The highest BCUT2D eigenvalue weighted by Crippen LogP contribution is 2.83. The number of carbonyl (C=O) groups is 1. The van der Waals surface area contributed by atoms with Gasteiger partial charge in [0.25, 0.3) is 0 Å². The number of methoxy groups -OCH3 is 3. The summed E-state index contributed by atoms with van der Waals surface area (Å²) in [6, 6.07) is -0.224. The molecule has 3 spiro atoms. The molecule has 7 bridgehead atoms. The van der Waals surface area contributed by atoms with Crippen LogP contribution in [-0.2, 0) is 33.2 Å². The van der Waals surface area contributed by atoms with Crippen molar-refractivity contribution in [1.82, 2.24) is 4.90 Å². The maximum absolute atomic E-state index is 13.4. The smallest absolute Gasteiger partial charge is 0.303 e. The summed E-state index contributed by atoms with van der Waals surface area (Å²) in [5.41, 5.74) is -3.94. The van der Waals surface area contributed by atoms with Gasteiger partial charge in [-0.25, -0.2) is 0 Å². The molecule has 9 heteroatoms. The minimum absolute atomic E-state index is 0.0317. The molecule has 9 nitrogen and oxygen atoms in total. The molecule has 2 aliphatic heterocycles. The molecule has 13 atom stereocenters. The molecule has 5 aliphatic carbocycles. The van der Waals surface area contributed by atoms with Crippen molar-refractivity contribution in [3.63, 3.8) is 0 Å². The summed E-state index contributed by atoms with van der Waals surface area (Å²) in [5, 5.41) is 13.4. The highest BCUT2D eigenvalue weighted by molar-refractivity contribution is 5.67. The van der Waals surface area contributed by atoms with Crippen molar-refractivity contribution >= 4 is 5.97 Å². The van der Waals surface area contributed by atoms with Crippen LogP contribution in [0.4, 0.5) is 0 Å². The maximum atomic E-state index is 13.4. The van der Waals surface area contributed by atoms with E-state index in [9.17, 15) is 9.90 Å². The van der Waals surface area contributed by atoms with E-state index in [-0.39, 0.29) is 60.3 Å². The number of aliphatic hydroxyl groups is 1. The number of hydrogen-bond acceptors (Lipinski definition) is 9. The molecule has 0 amide bonds. The van der Waals surface area contributed by atoms with Crippen molar-refractivity contribution in [3.05, 3.63) is 0 Å². The van der Waals surface area contributed by atoms with Gasteiger partial charge < -0.3 is 33.5 Å². The second kappa shape index (κ2) is 7.23. The Labute approximate surface area is 213 Å². The fourth-order valence-electron chi connectivity index (χ4n) is 11.7. The molecule has 0 aromatic carbocycles. The zero-order chi connectivity index (χ0) is 25.5. The molecule has 7 fully saturated rings.